The van der Waals surface area contributed by atoms with Gasteiger partial charge in [-0.3, -0.25) is 0 Å². The topological polar surface area (TPSA) is 28.7 Å². The van der Waals surface area contributed by atoms with Crippen LogP contribution in [0.25, 0.3) is 0 Å². The molecule has 1 heterocycles. The van der Waals surface area contributed by atoms with Crippen LogP contribution in [0, 0.1) is 0 Å². The summed E-state index contributed by atoms with van der Waals surface area (Å²) < 4.78 is 0. The summed E-state index contributed by atoms with van der Waals surface area (Å²) in [5.41, 5.74) is 3.02. The third kappa shape index (κ3) is 4.61. The van der Waals surface area contributed by atoms with E-state index in [2.05, 4.69) is 67.3 Å². The van der Waals surface area contributed by atoms with Gasteiger partial charge < -0.3 is 4.98 Å². The summed E-state index contributed by atoms with van der Waals surface area (Å²) in [5.74, 6) is 1.18. The maximum absolute atomic E-state index is 5.16. The minimum absolute atomic E-state index is 0.121. The Bertz CT molecular complexity index is 458. The maximum Gasteiger partial charge on any atom is 0.112 e. The molecule has 0 aliphatic carbocycles. The van der Waals surface area contributed by atoms with Gasteiger partial charge in [-0.2, -0.15) is 0 Å². The minimum Gasteiger partial charge on any atom is -0.345 e. The second-order valence-corrected chi connectivity index (χ2v) is 9.12. The van der Waals surface area contributed by atoms with Crippen LogP contribution in [0.15, 0.2) is 0 Å². The molecule has 0 aromatic carbocycles. The van der Waals surface area contributed by atoms with Crippen molar-refractivity contribution >= 4 is 0 Å². The van der Waals surface area contributed by atoms with Crippen molar-refractivity contribution in [2.45, 2.75) is 117 Å². The third-order valence-corrected chi connectivity index (χ3v) is 5.84. The first-order valence-corrected chi connectivity index (χ1v) is 9.63. The molecule has 0 saturated heterocycles. The van der Waals surface area contributed by atoms with Crippen LogP contribution in [0.3, 0.4) is 0 Å². The van der Waals surface area contributed by atoms with Crippen molar-refractivity contribution in [1.29, 1.82) is 0 Å². The van der Waals surface area contributed by atoms with Crippen molar-refractivity contribution in [3.8, 4) is 0 Å². The van der Waals surface area contributed by atoms with Crippen LogP contribution in [0.1, 0.15) is 118 Å². The average Bonchev–Trinajstić information content (AvgIpc) is 2.95. The van der Waals surface area contributed by atoms with Gasteiger partial charge in [0.2, 0.25) is 0 Å². The van der Waals surface area contributed by atoms with Crippen molar-refractivity contribution in [3.63, 3.8) is 0 Å². The first-order valence-electron chi connectivity index (χ1n) is 9.63. The van der Waals surface area contributed by atoms with E-state index in [4.69, 9.17) is 4.98 Å². The van der Waals surface area contributed by atoms with Gasteiger partial charge in [0.15, 0.2) is 0 Å². The van der Waals surface area contributed by atoms with Gasteiger partial charge in [-0.05, 0) is 19.3 Å². The van der Waals surface area contributed by atoms with Gasteiger partial charge in [0, 0.05) is 21.9 Å². The Morgan fingerprint density at radius 1 is 0.783 bits per heavy atom. The average molecular weight is 321 g/mol. The normalized spacial score (nSPS) is 13.6. The summed E-state index contributed by atoms with van der Waals surface area (Å²) in [6.45, 7) is 20.8. The SMILES string of the molecule is CCCCCC(C)(C)c1nc(C(C)(C)CC)c(C(C)(C)CC)[nH]1. The quantitative estimate of drug-likeness (QED) is 0.507. The van der Waals surface area contributed by atoms with Crippen LogP contribution in [0.5, 0.6) is 0 Å². The number of aromatic amines is 1. The van der Waals surface area contributed by atoms with Gasteiger partial charge in [0.25, 0.3) is 0 Å². The molecule has 1 rings (SSSR count). The van der Waals surface area contributed by atoms with E-state index in [1.54, 1.807) is 0 Å². The van der Waals surface area contributed by atoms with Crippen LogP contribution >= 0.6 is 0 Å². The zero-order valence-corrected chi connectivity index (χ0v) is 17.2. The summed E-state index contributed by atoms with van der Waals surface area (Å²) in [5, 5.41) is 0. The number of nitrogens with one attached hydrogen (secondary N) is 1. The van der Waals surface area contributed by atoms with Crippen LogP contribution in [-0.2, 0) is 16.2 Å². The van der Waals surface area contributed by atoms with E-state index in [9.17, 15) is 0 Å². The number of hydrogen-bond donors (Lipinski definition) is 1. The molecule has 1 aromatic heterocycles. The lowest BCUT2D eigenvalue weighted by atomic mass is 9.77. The monoisotopic (exact) mass is 320 g/mol. The predicted molar refractivity (Wildman–Crippen MR) is 102 cm³/mol. The molecule has 0 spiro atoms. The number of H-pyrrole nitrogens is 1. The molecule has 23 heavy (non-hydrogen) atoms. The molecule has 0 fully saturated rings. The lowest BCUT2D eigenvalue weighted by molar-refractivity contribution is 0.424. The molecular formula is C21H40N2. The fourth-order valence-corrected chi connectivity index (χ4v) is 2.95. The van der Waals surface area contributed by atoms with Gasteiger partial charge >= 0.3 is 0 Å². The highest BCUT2D eigenvalue weighted by Crippen LogP contribution is 2.39. The number of hydrogen-bond acceptors (Lipinski definition) is 1. The standard InChI is InChI=1S/C21H40N2/c1-10-13-14-15-21(8,9)18-22-16(19(4,5)11-2)17(23-18)20(6,7)12-3/h10-15H2,1-9H3,(H,22,23). The van der Waals surface area contributed by atoms with Crippen molar-refractivity contribution in [1.82, 2.24) is 9.97 Å². The van der Waals surface area contributed by atoms with Crippen LogP contribution in [0.4, 0.5) is 0 Å². The molecule has 2 nitrogen and oxygen atoms in total. The summed E-state index contributed by atoms with van der Waals surface area (Å²) in [6, 6.07) is 0. The molecule has 0 aliphatic rings. The summed E-state index contributed by atoms with van der Waals surface area (Å²) in [7, 11) is 0. The summed E-state index contributed by atoms with van der Waals surface area (Å²) in [4.78, 5) is 8.93. The molecule has 2 heteroatoms. The zero-order valence-electron chi connectivity index (χ0n) is 17.2. The first-order chi connectivity index (χ1) is 10.5. The number of aromatic nitrogens is 2. The molecule has 0 amide bonds. The molecule has 0 radical (unpaired) electrons. The van der Waals surface area contributed by atoms with Gasteiger partial charge in [-0.25, -0.2) is 4.98 Å². The Balaban J connectivity index is 3.29. The molecule has 0 unspecified atom stereocenters. The van der Waals surface area contributed by atoms with Crippen LogP contribution in [0.2, 0.25) is 0 Å². The van der Waals surface area contributed by atoms with Crippen molar-refractivity contribution < 1.29 is 0 Å². The second kappa shape index (κ2) is 7.40. The van der Waals surface area contributed by atoms with Crippen LogP contribution < -0.4 is 0 Å². The number of imidazole rings is 1. The Kier molecular flexibility index (Phi) is 6.52. The first kappa shape index (κ1) is 20.3. The molecule has 0 bridgehead atoms. The van der Waals surface area contributed by atoms with Crippen molar-refractivity contribution in [2.75, 3.05) is 0 Å². The smallest absolute Gasteiger partial charge is 0.112 e. The summed E-state index contributed by atoms with van der Waals surface area (Å²) >= 11 is 0. The maximum atomic E-state index is 5.16. The molecule has 134 valence electrons. The molecular weight excluding hydrogens is 280 g/mol. The highest BCUT2D eigenvalue weighted by molar-refractivity contribution is 5.31. The lowest BCUT2D eigenvalue weighted by Crippen LogP contribution is -2.25. The van der Waals surface area contributed by atoms with E-state index in [-0.39, 0.29) is 16.2 Å². The fraction of sp³-hybridized carbons (Fsp3) is 0.857. The number of nitrogens with zero attached hydrogens (tertiary/aromatic N) is 1. The minimum atomic E-state index is 0.121. The highest BCUT2D eigenvalue weighted by Gasteiger charge is 2.35. The number of rotatable bonds is 9. The van der Waals surface area contributed by atoms with E-state index in [0.717, 1.165) is 12.8 Å². The van der Waals surface area contributed by atoms with E-state index >= 15 is 0 Å². The Morgan fingerprint density at radius 3 is 1.83 bits per heavy atom. The third-order valence-electron chi connectivity index (χ3n) is 5.84. The Hall–Kier alpha value is -0.790. The highest BCUT2D eigenvalue weighted by atomic mass is 15.0. The molecule has 1 N–H and O–H groups in total. The second-order valence-electron chi connectivity index (χ2n) is 9.12. The number of unbranched alkanes of at least 4 members (excludes halogenated alkanes) is 2. The lowest BCUT2D eigenvalue weighted by Gasteiger charge is -2.29. The predicted octanol–water partition coefficient (Wildman–Crippen LogP) is 6.64. The molecule has 0 aliphatic heterocycles. The Morgan fingerprint density at radius 2 is 1.35 bits per heavy atom. The van der Waals surface area contributed by atoms with E-state index in [0.29, 0.717) is 0 Å². The van der Waals surface area contributed by atoms with E-state index in [1.807, 2.05) is 0 Å². The largest absolute Gasteiger partial charge is 0.345 e. The zero-order chi connectivity index (χ0) is 17.9. The Labute approximate surface area is 144 Å². The van der Waals surface area contributed by atoms with E-state index in [1.165, 1.54) is 42.9 Å². The van der Waals surface area contributed by atoms with Crippen LogP contribution in [-0.4, -0.2) is 9.97 Å². The van der Waals surface area contributed by atoms with Gasteiger partial charge in [-0.15, -0.1) is 0 Å². The molecule has 0 atom stereocenters. The fourth-order valence-electron chi connectivity index (χ4n) is 2.95. The van der Waals surface area contributed by atoms with Gasteiger partial charge in [0.05, 0.1) is 5.69 Å². The van der Waals surface area contributed by atoms with Crippen molar-refractivity contribution in [3.05, 3.63) is 17.2 Å². The molecule has 1 aromatic rings. The van der Waals surface area contributed by atoms with Gasteiger partial charge in [0.1, 0.15) is 5.82 Å². The molecule has 0 saturated carbocycles. The van der Waals surface area contributed by atoms with Crippen molar-refractivity contribution in [2.24, 2.45) is 0 Å². The summed E-state index contributed by atoms with van der Waals surface area (Å²) in [6.07, 6.45) is 7.30. The van der Waals surface area contributed by atoms with E-state index < -0.39 is 0 Å². The van der Waals surface area contributed by atoms with Gasteiger partial charge in [-0.1, -0.05) is 81.6 Å².